The molecule has 3 amide bonds. The second-order valence-corrected chi connectivity index (χ2v) is 3.79. The molecule has 1 aliphatic rings. The van der Waals surface area contributed by atoms with Crippen molar-refractivity contribution in [2.45, 2.75) is 6.42 Å². The van der Waals surface area contributed by atoms with Crippen LogP contribution in [0.3, 0.4) is 0 Å². The van der Waals surface area contributed by atoms with Crippen LogP contribution in [0.1, 0.15) is 5.56 Å². The molecule has 1 aromatic rings. The van der Waals surface area contributed by atoms with Gasteiger partial charge < -0.3 is 0 Å². The first-order valence-electron chi connectivity index (χ1n) is 5.33. The molecule has 0 atom stereocenters. The van der Waals surface area contributed by atoms with Gasteiger partial charge in [0.1, 0.15) is 0 Å². The lowest BCUT2D eigenvalue weighted by molar-refractivity contribution is -0.427. The summed E-state index contributed by atoms with van der Waals surface area (Å²) in [5.74, 6) is 2.36. The number of hydrogen-bond acceptors (Lipinski definition) is 3. The van der Waals surface area contributed by atoms with E-state index in [0.717, 1.165) is 10.5 Å². The number of carbonyl (C=O) groups excluding carboxylic acids is 3. The fraction of sp³-hybridized carbons (Fsp3) is 0.0833. The third-order valence-electron chi connectivity index (χ3n) is 2.57. The number of rotatable bonds is 3. The average Bonchev–Trinajstić information content (AvgIpc) is 2.70. The molecule has 6 nitrogen and oxygen atoms in total. The van der Waals surface area contributed by atoms with E-state index in [9.17, 15) is 14.4 Å². The molecule has 92 valence electrons. The van der Waals surface area contributed by atoms with Crippen LogP contribution in [-0.2, 0) is 20.8 Å². The van der Waals surface area contributed by atoms with Gasteiger partial charge >= 0.3 is 0 Å². The van der Waals surface area contributed by atoms with E-state index in [1.54, 1.807) is 24.3 Å². The van der Waals surface area contributed by atoms with Gasteiger partial charge in [-0.15, -0.1) is 0 Å². The van der Waals surface area contributed by atoms with Gasteiger partial charge in [-0.2, -0.15) is 0 Å². The van der Waals surface area contributed by atoms with Crippen LogP contribution in [0.15, 0.2) is 36.4 Å². The molecule has 0 aromatic heterocycles. The lowest BCUT2D eigenvalue weighted by Crippen LogP contribution is -2.67. The number of nitrogens with zero attached hydrogens (tertiary/aromatic N) is 1. The fourth-order valence-electron chi connectivity index (χ4n) is 1.67. The van der Waals surface area contributed by atoms with Crippen molar-refractivity contribution >= 4 is 23.4 Å². The summed E-state index contributed by atoms with van der Waals surface area (Å²) in [4.78, 5) is 35.1. The number of imide groups is 1. The molecular formula is C12H12N3O3+. The van der Waals surface area contributed by atoms with Gasteiger partial charge in [-0.05, 0) is 17.7 Å². The normalized spacial score (nSPS) is 14.2. The quantitative estimate of drug-likeness (QED) is 0.525. The van der Waals surface area contributed by atoms with E-state index < -0.39 is 0 Å². The maximum Gasteiger partial charge on any atom is 0.269 e. The standard InChI is InChI=1S/C12H11N3O3/c13-14-10(16)7-8-1-3-9(4-2-8)15-11(17)5-6-12(15)18/h1-6H,7,13H2,(H,14,16)/p+1. The Morgan fingerprint density at radius 3 is 2.17 bits per heavy atom. The van der Waals surface area contributed by atoms with Crippen LogP contribution in [0.2, 0.25) is 0 Å². The minimum Gasteiger partial charge on any atom is -0.270 e. The Balaban J connectivity index is 2.15. The molecule has 0 saturated carbocycles. The lowest BCUT2D eigenvalue weighted by Gasteiger charge is -2.13. The number of benzene rings is 1. The van der Waals surface area contributed by atoms with E-state index in [4.69, 9.17) is 0 Å². The van der Waals surface area contributed by atoms with Crippen molar-refractivity contribution in [2.75, 3.05) is 4.90 Å². The van der Waals surface area contributed by atoms with Crippen LogP contribution >= 0.6 is 0 Å². The number of carbonyl (C=O) groups is 3. The van der Waals surface area contributed by atoms with Crippen LogP contribution in [-0.4, -0.2) is 17.7 Å². The first kappa shape index (κ1) is 12.0. The number of quaternary nitrogens is 1. The molecule has 4 N–H and O–H groups in total. The van der Waals surface area contributed by atoms with E-state index >= 15 is 0 Å². The second-order valence-electron chi connectivity index (χ2n) is 3.79. The van der Waals surface area contributed by atoms with Crippen molar-refractivity contribution in [1.82, 2.24) is 5.43 Å². The molecule has 1 heterocycles. The molecule has 1 aromatic carbocycles. The van der Waals surface area contributed by atoms with Gasteiger partial charge in [-0.25, -0.2) is 10.3 Å². The summed E-state index contributed by atoms with van der Waals surface area (Å²) in [6.45, 7) is 0. The highest BCUT2D eigenvalue weighted by molar-refractivity contribution is 6.28. The smallest absolute Gasteiger partial charge is 0.269 e. The molecule has 0 fully saturated rings. The Kier molecular flexibility index (Phi) is 3.20. The fourth-order valence-corrected chi connectivity index (χ4v) is 1.67. The predicted octanol–water partition coefficient (Wildman–Crippen LogP) is -1.07. The predicted molar refractivity (Wildman–Crippen MR) is 62.8 cm³/mol. The van der Waals surface area contributed by atoms with E-state index in [1.807, 2.05) is 0 Å². The molecule has 0 spiro atoms. The highest BCUT2D eigenvalue weighted by Gasteiger charge is 2.24. The topological polar surface area (TPSA) is 94.1 Å². The largest absolute Gasteiger partial charge is 0.270 e. The summed E-state index contributed by atoms with van der Waals surface area (Å²) in [6.07, 6.45) is 2.67. The van der Waals surface area contributed by atoms with Crippen molar-refractivity contribution in [3.05, 3.63) is 42.0 Å². The summed E-state index contributed by atoms with van der Waals surface area (Å²) in [6, 6.07) is 6.66. The van der Waals surface area contributed by atoms with Crippen LogP contribution in [0, 0.1) is 0 Å². The molecule has 0 aliphatic carbocycles. The number of anilines is 1. The maximum atomic E-state index is 11.4. The molecule has 0 unspecified atom stereocenters. The van der Waals surface area contributed by atoms with E-state index in [0.29, 0.717) is 5.69 Å². The Morgan fingerprint density at radius 1 is 1.11 bits per heavy atom. The van der Waals surface area contributed by atoms with E-state index in [2.05, 4.69) is 11.3 Å². The molecule has 0 saturated heterocycles. The van der Waals surface area contributed by atoms with Crippen molar-refractivity contribution in [3.63, 3.8) is 0 Å². The molecule has 0 radical (unpaired) electrons. The van der Waals surface area contributed by atoms with Crippen molar-refractivity contribution in [1.29, 1.82) is 0 Å². The first-order valence-corrected chi connectivity index (χ1v) is 5.33. The Labute approximate surface area is 103 Å². The SMILES string of the molecule is [NH3+]NC(=O)Cc1ccc(N2C(=O)C=CC2=O)cc1. The second kappa shape index (κ2) is 4.80. The summed E-state index contributed by atoms with van der Waals surface area (Å²) >= 11 is 0. The Morgan fingerprint density at radius 2 is 1.67 bits per heavy atom. The van der Waals surface area contributed by atoms with Crippen molar-refractivity contribution < 1.29 is 20.2 Å². The van der Waals surface area contributed by atoms with Gasteiger partial charge in [0, 0.05) is 12.2 Å². The Hall–Kier alpha value is -2.47. The summed E-state index contributed by atoms with van der Waals surface area (Å²) in [5, 5.41) is 0. The molecule has 2 rings (SSSR count). The molecular weight excluding hydrogens is 234 g/mol. The molecule has 0 bridgehead atoms. The van der Waals surface area contributed by atoms with E-state index in [1.165, 1.54) is 12.2 Å². The van der Waals surface area contributed by atoms with Crippen LogP contribution in [0.25, 0.3) is 0 Å². The minimum atomic E-state index is -0.358. The highest BCUT2D eigenvalue weighted by atomic mass is 16.2. The maximum absolute atomic E-state index is 11.4. The molecule has 18 heavy (non-hydrogen) atoms. The lowest BCUT2D eigenvalue weighted by atomic mass is 10.1. The van der Waals surface area contributed by atoms with Gasteiger partial charge in [0.25, 0.3) is 17.7 Å². The molecule has 1 aliphatic heterocycles. The van der Waals surface area contributed by atoms with Crippen LogP contribution < -0.4 is 16.2 Å². The van der Waals surface area contributed by atoms with Gasteiger partial charge in [-0.1, -0.05) is 12.1 Å². The summed E-state index contributed by atoms with van der Waals surface area (Å²) < 4.78 is 0. The summed E-state index contributed by atoms with van der Waals surface area (Å²) in [5.41, 5.74) is 3.56. The van der Waals surface area contributed by atoms with Gasteiger partial charge in [-0.3, -0.25) is 20.2 Å². The number of amides is 3. The Bertz CT molecular complexity index is 516. The third kappa shape index (κ3) is 2.28. The first-order chi connectivity index (χ1) is 8.61. The zero-order chi connectivity index (χ0) is 13.1. The summed E-state index contributed by atoms with van der Waals surface area (Å²) in [7, 11) is 0. The van der Waals surface area contributed by atoms with Gasteiger partial charge in [0.15, 0.2) is 0 Å². The van der Waals surface area contributed by atoms with Crippen molar-refractivity contribution in [2.24, 2.45) is 0 Å². The van der Waals surface area contributed by atoms with Crippen LogP contribution in [0.4, 0.5) is 5.69 Å². The number of nitrogens with one attached hydrogen (secondary N) is 1. The van der Waals surface area contributed by atoms with Gasteiger partial charge in [0.2, 0.25) is 0 Å². The van der Waals surface area contributed by atoms with Crippen LogP contribution in [0.5, 0.6) is 0 Å². The average molecular weight is 246 g/mol. The van der Waals surface area contributed by atoms with E-state index in [-0.39, 0.29) is 24.1 Å². The van der Waals surface area contributed by atoms with Gasteiger partial charge in [0.05, 0.1) is 12.1 Å². The third-order valence-corrected chi connectivity index (χ3v) is 2.57. The highest BCUT2D eigenvalue weighted by Crippen LogP contribution is 2.19. The zero-order valence-corrected chi connectivity index (χ0v) is 9.55. The number of hydrogen-bond donors (Lipinski definition) is 2. The molecule has 6 heteroatoms. The minimum absolute atomic E-state index is 0.197. The zero-order valence-electron chi connectivity index (χ0n) is 9.55. The van der Waals surface area contributed by atoms with Crippen molar-refractivity contribution in [3.8, 4) is 0 Å². The monoisotopic (exact) mass is 246 g/mol.